The molecule has 0 fully saturated rings. The summed E-state index contributed by atoms with van der Waals surface area (Å²) in [4.78, 5) is 9.25. The van der Waals surface area contributed by atoms with E-state index in [0.717, 1.165) is 38.8 Å². The zero-order valence-corrected chi connectivity index (χ0v) is 35.0. The van der Waals surface area contributed by atoms with Gasteiger partial charge < -0.3 is 9.97 Å². The summed E-state index contributed by atoms with van der Waals surface area (Å²) in [5.41, 5.74) is 7.85. The number of fused-ring (bicyclic) bond motifs is 3. The first-order valence-electron chi connectivity index (χ1n) is 19.0. The predicted octanol–water partition coefficient (Wildman–Crippen LogP) is 12.6. The van der Waals surface area contributed by atoms with Crippen molar-refractivity contribution in [2.75, 3.05) is 0 Å². The van der Waals surface area contributed by atoms with Crippen LogP contribution < -0.4 is 5.19 Å². The van der Waals surface area contributed by atoms with Gasteiger partial charge in [0, 0.05) is 41.3 Å². The first kappa shape index (κ1) is 34.4. The maximum absolute atomic E-state index is 8.80. The van der Waals surface area contributed by atoms with E-state index in [2.05, 4.69) is 110 Å². The number of thiophene rings is 1. The maximum atomic E-state index is 8.80. The van der Waals surface area contributed by atoms with Crippen LogP contribution in [0.25, 0.3) is 53.8 Å². The van der Waals surface area contributed by atoms with Crippen molar-refractivity contribution in [3.8, 4) is 33.6 Å². The minimum Gasteiger partial charge on any atom is -0.305 e. The fourth-order valence-electron chi connectivity index (χ4n) is 6.07. The standard InChI is InChI=1S/C28H24NS.C18H24NSi.Ir/c1-18(2)19(3)21-14-15-29-26(16-21)25-11-7-10-24-23-13-12-22(17-27(23)30-28(24)25)20-8-5-4-6-9-20;1-14(2)11-16-12-17(15-9-7-6-8-10-15)19-13-18(16)20(3,4)5;/h4-10,12-19H,1-3H3;6-9,12-14H,11H2,1-5H3;/q2*-1;/i19D;11D2;. The summed E-state index contributed by atoms with van der Waals surface area (Å²) in [5, 5.41) is 3.60. The Kier molecular flexibility index (Phi) is 11.3. The molecule has 7 rings (SSSR count). The molecular formula is C46H48IrN2SSi-2. The van der Waals surface area contributed by atoms with E-state index < -0.39 is 20.3 Å². The second-order valence-electron chi connectivity index (χ2n) is 14.5. The van der Waals surface area contributed by atoms with E-state index >= 15 is 0 Å². The number of aromatic nitrogens is 2. The molecule has 1 radical (unpaired) electrons. The van der Waals surface area contributed by atoms with Crippen molar-refractivity contribution in [2.45, 2.75) is 66.5 Å². The number of pyridine rings is 2. The van der Waals surface area contributed by atoms with Crippen molar-refractivity contribution in [2.24, 2.45) is 11.8 Å². The van der Waals surface area contributed by atoms with Crippen molar-refractivity contribution in [1.29, 1.82) is 0 Å². The van der Waals surface area contributed by atoms with Crippen molar-refractivity contribution < 1.29 is 24.2 Å². The van der Waals surface area contributed by atoms with Crippen molar-refractivity contribution in [3.63, 3.8) is 0 Å². The molecule has 0 N–H and O–H groups in total. The number of rotatable bonds is 8. The van der Waals surface area contributed by atoms with Crippen LogP contribution in [0.3, 0.4) is 0 Å². The monoisotopic (exact) mass is 884 g/mol. The normalized spacial score (nSPS) is 13.9. The van der Waals surface area contributed by atoms with Gasteiger partial charge >= 0.3 is 0 Å². The van der Waals surface area contributed by atoms with Crippen LogP contribution in [0.4, 0.5) is 0 Å². The summed E-state index contributed by atoms with van der Waals surface area (Å²) in [6.07, 6.45) is 2.35. The van der Waals surface area contributed by atoms with E-state index in [1.807, 2.05) is 81.7 Å². The Bertz CT molecular complexity index is 2350. The van der Waals surface area contributed by atoms with E-state index in [0.29, 0.717) is 0 Å². The Labute approximate surface area is 328 Å². The summed E-state index contributed by atoms with van der Waals surface area (Å²) in [5.74, 6) is -0.531. The molecule has 3 aromatic heterocycles. The predicted molar refractivity (Wildman–Crippen MR) is 220 cm³/mol. The van der Waals surface area contributed by atoms with Gasteiger partial charge in [0.1, 0.15) is 0 Å². The van der Waals surface area contributed by atoms with Crippen LogP contribution in [0.2, 0.25) is 19.6 Å². The number of hydrogen-bond acceptors (Lipinski definition) is 3. The van der Waals surface area contributed by atoms with E-state index in [1.54, 1.807) is 11.3 Å². The van der Waals surface area contributed by atoms with E-state index in [9.17, 15) is 0 Å². The smallest absolute Gasteiger partial charge is 0.0798 e. The molecular weight excluding hydrogens is 833 g/mol. The van der Waals surface area contributed by atoms with E-state index in [4.69, 9.17) is 4.11 Å². The zero-order chi connectivity index (χ0) is 38.1. The van der Waals surface area contributed by atoms with Crippen LogP contribution in [0.1, 0.15) is 55.8 Å². The molecule has 1 atom stereocenters. The average Bonchev–Trinajstić information content (AvgIpc) is 3.53. The molecule has 0 aliphatic rings. The molecule has 0 aliphatic heterocycles. The van der Waals surface area contributed by atoms with Gasteiger partial charge in [0.05, 0.1) is 8.07 Å². The zero-order valence-electron chi connectivity index (χ0n) is 33.8. The summed E-state index contributed by atoms with van der Waals surface area (Å²) in [6, 6.07) is 41.6. The molecule has 2 nitrogen and oxygen atoms in total. The van der Waals surface area contributed by atoms with Crippen molar-refractivity contribution >= 4 is 44.8 Å². The van der Waals surface area contributed by atoms with Crippen LogP contribution in [0.5, 0.6) is 0 Å². The Hall–Kier alpha value is -3.73. The van der Waals surface area contributed by atoms with Gasteiger partial charge in [-0.25, -0.2) is 0 Å². The molecule has 0 bridgehead atoms. The van der Waals surface area contributed by atoms with Crippen LogP contribution in [-0.2, 0) is 26.5 Å². The summed E-state index contributed by atoms with van der Waals surface area (Å²) < 4.78 is 28.4. The molecule has 0 saturated carbocycles. The third kappa shape index (κ3) is 9.02. The quantitative estimate of drug-likeness (QED) is 0.112. The minimum absolute atomic E-state index is 0. The first-order chi connectivity index (χ1) is 25.1. The number of hydrogen-bond donors (Lipinski definition) is 0. The van der Waals surface area contributed by atoms with Crippen LogP contribution in [0, 0.1) is 24.0 Å². The van der Waals surface area contributed by atoms with Gasteiger partial charge in [-0.15, -0.1) is 59.7 Å². The third-order valence-electron chi connectivity index (χ3n) is 9.02. The van der Waals surface area contributed by atoms with Gasteiger partial charge in [0.15, 0.2) is 0 Å². The SMILES string of the molecule is [2H]C(C)(c1ccnc(-c2[c-]ccc3c2sc2cc(-c4ccccc4)ccc23)c1)C(C)C.[2H]C([2H])(c1cc(-c2[c-]cccc2)ncc1[Si](C)(C)C)C(C)C.[Ir]. The Morgan fingerprint density at radius 2 is 1.53 bits per heavy atom. The van der Waals surface area contributed by atoms with Crippen molar-refractivity contribution in [3.05, 3.63) is 139 Å². The summed E-state index contributed by atoms with van der Waals surface area (Å²) in [6.45, 7) is 16.7. The molecule has 263 valence electrons. The van der Waals surface area contributed by atoms with Gasteiger partial charge in [-0.3, -0.25) is 0 Å². The summed E-state index contributed by atoms with van der Waals surface area (Å²) in [7, 11) is -1.67. The van der Waals surface area contributed by atoms with Crippen LogP contribution >= 0.6 is 11.3 Å². The molecule has 0 saturated heterocycles. The van der Waals surface area contributed by atoms with Crippen LogP contribution in [-0.4, -0.2) is 18.0 Å². The summed E-state index contributed by atoms with van der Waals surface area (Å²) >= 11 is 1.79. The fourth-order valence-corrected chi connectivity index (χ4v) is 8.72. The number of nitrogens with zero attached hydrogens (tertiary/aromatic N) is 2. The fraction of sp³-hybridized carbons (Fsp3) is 0.261. The van der Waals surface area contributed by atoms with Gasteiger partial charge in [-0.05, 0) is 74.0 Å². The van der Waals surface area contributed by atoms with Gasteiger partial charge in [-0.2, -0.15) is 11.3 Å². The third-order valence-corrected chi connectivity index (χ3v) is 12.2. The molecule has 5 heteroatoms. The van der Waals surface area contributed by atoms with Gasteiger partial charge in [0.2, 0.25) is 0 Å². The first-order valence-corrected chi connectivity index (χ1v) is 21.8. The van der Waals surface area contributed by atoms with Gasteiger partial charge in [-0.1, -0.05) is 125 Å². The maximum Gasteiger partial charge on any atom is 0.0798 e. The van der Waals surface area contributed by atoms with Gasteiger partial charge in [0.25, 0.3) is 0 Å². The Balaban J connectivity index is 0.000000217. The minimum atomic E-state index is -1.67. The topological polar surface area (TPSA) is 25.8 Å². The van der Waals surface area contributed by atoms with Crippen molar-refractivity contribution in [1.82, 2.24) is 9.97 Å². The second-order valence-corrected chi connectivity index (χ2v) is 20.6. The number of benzene rings is 4. The molecule has 0 spiro atoms. The molecule has 0 aliphatic carbocycles. The van der Waals surface area contributed by atoms with E-state index in [-0.39, 0.29) is 31.9 Å². The molecule has 1 unspecified atom stereocenters. The second kappa shape index (κ2) is 16.7. The molecule has 3 heterocycles. The van der Waals surface area contributed by atoms with Crippen LogP contribution in [0.15, 0.2) is 116 Å². The largest absolute Gasteiger partial charge is 0.305 e. The Morgan fingerprint density at radius 3 is 2.22 bits per heavy atom. The van der Waals surface area contributed by atoms with E-state index in [1.165, 1.54) is 31.3 Å². The molecule has 0 amide bonds. The molecule has 51 heavy (non-hydrogen) atoms. The molecule has 7 aromatic rings. The molecule has 4 aromatic carbocycles. The Morgan fingerprint density at radius 1 is 0.765 bits per heavy atom. The average molecular weight is 884 g/mol.